The van der Waals surface area contributed by atoms with E-state index in [0.717, 1.165) is 37.4 Å². The van der Waals surface area contributed by atoms with Gasteiger partial charge in [0.25, 0.3) is 0 Å². The summed E-state index contributed by atoms with van der Waals surface area (Å²) in [5.74, 6) is -2.10. The lowest BCUT2D eigenvalue weighted by atomic mass is 9.56. The molecule has 3 atom stereocenters. The molecule has 3 rings (SSSR count). The summed E-state index contributed by atoms with van der Waals surface area (Å²) in [4.78, 5) is 25.5. The van der Waals surface area contributed by atoms with Crippen LogP contribution in [-0.2, 0) is 9.59 Å². The zero-order valence-corrected chi connectivity index (χ0v) is 13.8. The first-order chi connectivity index (χ1) is 11.4. The van der Waals surface area contributed by atoms with Crippen LogP contribution in [0.2, 0.25) is 0 Å². The highest BCUT2D eigenvalue weighted by molar-refractivity contribution is 5.96. The summed E-state index contributed by atoms with van der Waals surface area (Å²) < 4.78 is 0. The number of benzene rings is 1. The van der Waals surface area contributed by atoms with E-state index in [1.54, 1.807) is 0 Å². The van der Waals surface area contributed by atoms with Crippen molar-refractivity contribution in [2.24, 2.45) is 11.3 Å². The number of hydrogen-bond acceptors (Lipinski definition) is 3. The van der Waals surface area contributed by atoms with Crippen molar-refractivity contribution < 1.29 is 19.8 Å². The van der Waals surface area contributed by atoms with Gasteiger partial charge < -0.3 is 15.1 Å². The van der Waals surface area contributed by atoms with E-state index in [1.165, 1.54) is 0 Å². The fraction of sp³-hybridized carbons (Fsp3) is 0.474. The van der Waals surface area contributed by atoms with E-state index in [2.05, 4.69) is 4.90 Å². The predicted molar refractivity (Wildman–Crippen MR) is 89.8 cm³/mol. The molecule has 1 saturated carbocycles. The highest BCUT2D eigenvalue weighted by atomic mass is 16.4. The first kappa shape index (κ1) is 16.7. The van der Waals surface area contributed by atoms with Crippen LogP contribution in [0.5, 0.6) is 0 Å². The molecule has 5 nitrogen and oxygen atoms in total. The van der Waals surface area contributed by atoms with Crippen LogP contribution in [0.15, 0.2) is 42.0 Å². The highest BCUT2D eigenvalue weighted by Gasteiger charge is 2.56. The monoisotopic (exact) mass is 329 g/mol. The number of hydrogen-bond donors (Lipinski definition) is 2. The lowest BCUT2D eigenvalue weighted by Crippen LogP contribution is -2.44. The molecule has 5 heteroatoms. The lowest BCUT2D eigenvalue weighted by molar-refractivity contribution is -0.136. The number of nitrogens with zero attached hydrogens (tertiary/aromatic N) is 1. The maximum Gasteiger partial charge on any atom is 0.332 e. The van der Waals surface area contributed by atoms with Crippen LogP contribution in [0.25, 0.3) is 0 Å². The van der Waals surface area contributed by atoms with E-state index in [9.17, 15) is 19.8 Å². The van der Waals surface area contributed by atoms with E-state index >= 15 is 0 Å². The number of carboxylic acid groups (broad SMARTS) is 2. The van der Waals surface area contributed by atoms with Crippen molar-refractivity contribution in [2.75, 3.05) is 20.1 Å². The minimum absolute atomic E-state index is 0.0316. The average Bonchev–Trinajstić information content (AvgIpc) is 2.89. The summed E-state index contributed by atoms with van der Waals surface area (Å²) in [6, 6.07) is 9.95. The fourth-order valence-electron chi connectivity index (χ4n) is 4.91. The number of likely N-dealkylation sites (tertiary alicyclic amines) is 1. The second kappa shape index (κ2) is 6.40. The highest BCUT2D eigenvalue weighted by Crippen LogP contribution is 2.58. The number of aliphatic carboxylic acids is 2. The summed E-state index contributed by atoms with van der Waals surface area (Å²) in [6.07, 6.45) is 3.80. The van der Waals surface area contributed by atoms with Crippen molar-refractivity contribution in [3.8, 4) is 0 Å². The summed E-state index contributed by atoms with van der Waals surface area (Å²) in [5.41, 5.74) is 0.520. The average molecular weight is 329 g/mol. The summed E-state index contributed by atoms with van der Waals surface area (Å²) >= 11 is 0. The normalized spacial score (nSPS) is 30.8. The molecule has 24 heavy (non-hydrogen) atoms. The predicted octanol–water partition coefficient (Wildman–Crippen LogP) is 2.60. The van der Waals surface area contributed by atoms with Gasteiger partial charge in [-0.25, -0.2) is 9.59 Å². The minimum Gasteiger partial charge on any atom is -0.478 e. The topological polar surface area (TPSA) is 77.8 Å². The van der Waals surface area contributed by atoms with Gasteiger partial charge in [-0.05, 0) is 37.3 Å². The molecule has 0 aromatic heterocycles. The molecule has 2 fully saturated rings. The molecule has 2 aliphatic rings. The van der Waals surface area contributed by atoms with Gasteiger partial charge in [0, 0.05) is 24.6 Å². The lowest BCUT2D eigenvalue weighted by Gasteiger charge is -2.46. The van der Waals surface area contributed by atoms with Crippen LogP contribution >= 0.6 is 0 Å². The van der Waals surface area contributed by atoms with Crippen LogP contribution in [0.1, 0.15) is 30.7 Å². The van der Waals surface area contributed by atoms with Crippen LogP contribution in [0, 0.1) is 11.3 Å². The second-order valence-corrected chi connectivity index (χ2v) is 7.03. The van der Waals surface area contributed by atoms with Crippen LogP contribution in [0.4, 0.5) is 0 Å². The van der Waals surface area contributed by atoms with E-state index in [4.69, 9.17) is 0 Å². The molecule has 1 aliphatic carbocycles. The van der Waals surface area contributed by atoms with Crippen LogP contribution in [-0.4, -0.2) is 47.2 Å². The minimum atomic E-state index is -1.19. The van der Waals surface area contributed by atoms with Gasteiger partial charge in [0.05, 0.1) is 5.57 Å². The third-order valence-electron chi connectivity index (χ3n) is 5.66. The van der Waals surface area contributed by atoms with Crippen LogP contribution in [0.3, 0.4) is 0 Å². The molecule has 0 bridgehead atoms. The third-order valence-corrected chi connectivity index (χ3v) is 5.66. The third kappa shape index (κ3) is 2.73. The molecular weight excluding hydrogens is 306 g/mol. The zero-order chi connectivity index (χ0) is 17.3. The zero-order valence-electron chi connectivity index (χ0n) is 13.8. The molecule has 1 aromatic rings. The first-order valence-electron chi connectivity index (χ1n) is 8.37. The Morgan fingerprint density at radius 3 is 2.54 bits per heavy atom. The molecular formula is C19H23NO4. The maximum atomic E-state index is 12.0. The van der Waals surface area contributed by atoms with Gasteiger partial charge in [-0.3, -0.25) is 0 Å². The molecule has 1 saturated heterocycles. The first-order valence-corrected chi connectivity index (χ1v) is 8.37. The number of carboxylic acids is 2. The fourth-order valence-corrected chi connectivity index (χ4v) is 4.91. The Morgan fingerprint density at radius 1 is 1.21 bits per heavy atom. The van der Waals surface area contributed by atoms with Crippen molar-refractivity contribution >= 4 is 11.9 Å². The summed E-state index contributed by atoms with van der Waals surface area (Å²) in [6.45, 7) is 1.40. The van der Waals surface area contributed by atoms with Crippen LogP contribution < -0.4 is 0 Å². The van der Waals surface area contributed by atoms with Gasteiger partial charge in [-0.2, -0.15) is 0 Å². The number of fused-ring (bicyclic) bond motifs is 1. The molecule has 1 aromatic carbocycles. The number of rotatable bonds is 4. The molecule has 0 amide bonds. The van der Waals surface area contributed by atoms with Crippen molar-refractivity contribution in [1.29, 1.82) is 0 Å². The Morgan fingerprint density at radius 2 is 1.92 bits per heavy atom. The van der Waals surface area contributed by atoms with Crippen molar-refractivity contribution in [3.05, 3.63) is 47.5 Å². The molecule has 0 radical (unpaired) electrons. The Balaban J connectivity index is 2.18. The molecule has 1 heterocycles. The van der Waals surface area contributed by atoms with E-state index in [1.807, 2.05) is 37.4 Å². The largest absolute Gasteiger partial charge is 0.478 e. The maximum absolute atomic E-state index is 12.0. The Bertz CT molecular complexity index is 669. The van der Waals surface area contributed by atoms with E-state index in [-0.39, 0.29) is 17.4 Å². The number of carbonyl (C=O) groups is 2. The van der Waals surface area contributed by atoms with Gasteiger partial charge in [0.15, 0.2) is 0 Å². The molecule has 1 aliphatic heterocycles. The van der Waals surface area contributed by atoms with Crippen molar-refractivity contribution in [1.82, 2.24) is 4.90 Å². The smallest absolute Gasteiger partial charge is 0.332 e. The van der Waals surface area contributed by atoms with Gasteiger partial charge >= 0.3 is 11.9 Å². The molecule has 128 valence electrons. The summed E-state index contributed by atoms with van der Waals surface area (Å²) in [5, 5.41) is 19.1. The SMILES string of the molecule is CN1C[C@@H]2CCC[C@H](c3ccccc3)[C@]2(C(=CC(=O)O)C(=O)O)C1. The Hall–Kier alpha value is -2.14. The second-order valence-electron chi connectivity index (χ2n) is 7.03. The van der Waals surface area contributed by atoms with Gasteiger partial charge in [-0.1, -0.05) is 36.8 Å². The summed E-state index contributed by atoms with van der Waals surface area (Å²) in [7, 11) is 1.99. The van der Waals surface area contributed by atoms with Gasteiger partial charge in [0.1, 0.15) is 0 Å². The van der Waals surface area contributed by atoms with Gasteiger partial charge in [-0.15, -0.1) is 0 Å². The van der Waals surface area contributed by atoms with Gasteiger partial charge in [0.2, 0.25) is 0 Å². The molecule has 0 unspecified atom stereocenters. The Labute approximate surface area is 141 Å². The molecule has 0 spiro atoms. The quantitative estimate of drug-likeness (QED) is 0.830. The molecule has 2 N–H and O–H groups in total. The van der Waals surface area contributed by atoms with E-state index < -0.39 is 17.4 Å². The van der Waals surface area contributed by atoms with E-state index in [0.29, 0.717) is 6.54 Å². The van der Waals surface area contributed by atoms with Crippen molar-refractivity contribution in [3.63, 3.8) is 0 Å². The standard InChI is InChI=1S/C19H23NO4/c1-20-11-14-8-5-9-15(13-6-3-2-4-7-13)19(14,12-20)16(18(23)24)10-17(21)22/h2-4,6-7,10,14-15H,5,8-9,11-12H2,1H3,(H,21,22)(H,23,24)/t14-,15+,19-/m0/s1. The Kier molecular flexibility index (Phi) is 4.45. The van der Waals surface area contributed by atoms with Crippen molar-refractivity contribution in [2.45, 2.75) is 25.2 Å².